The summed E-state index contributed by atoms with van der Waals surface area (Å²) in [6.07, 6.45) is -5.02. The molecular weight excluding hydrogens is 345 g/mol. The van der Waals surface area contributed by atoms with Crippen molar-refractivity contribution >= 4 is 18.3 Å². The predicted octanol–water partition coefficient (Wildman–Crippen LogP) is 2.93. The number of amides is 1. The van der Waals surface area contributed by atoms with Gasteiger partial charge in [-0.25, -0.2) is 0 Å². The first-order valence-electron chi connectivity index (χ1n) is 7.59. The van der Waals surface area contributed by atoms with Crippen LogP contribution < -0.4 is 10.6 Å². The van der Waals surface area contributed by atoms with Gasteiger partial charge in [0.25, 0.3) is 5.91 Å². The summed E-state index contributed by atoms with van der Waals surface area (Å²) in [7, 11) is 0. The number of nitrogens with one attached hydrogen (secondary N) is 2. The van der Waals surface area contributed by atoms with E-state index in [4.69, 9.17) is 4.74 Å². The van der Waals surface area contributed by atoms with E-state index in [1.165, 1.54) is 6.07 Å². The molecule has 2 rings (SSSR count). The average Bonchev–Trinajstić information content (AvgIpc) is 2.52. The largest absolute Gasteiger partial charge is 0.416 e. The van der Waals surface area contributed by atoms with Crippen LogP contribution in [0.3, 0.4) is 0 Å². The topological polar surface area (TPSA) is 50.4 Å². The maximum atomic E-state index is 12.9. The SMILES string of the molecule is CC(C)C(NC(=O)C1CNCCO1)c1cccc(C(F)(F)F)c1.Cl. The van der Waals surface area contributed by atoms with E-state index >= 15 is 0 Å². The maximum absolute atomic E-state index is 12.9. The summed E-state index contributed by atoms with van der Waals surface area (Å²) in [5.41, 5.74) is -0.280. The summed E-state index contributed by atoms with van der Waals surface area (Å²) in [6.45, 7) is 5.23. The van der Waals surface area contributed by atoms with Crippen LogP contribution in [0.2, 0.25) is 0 Å². The molecule has 1 heterocycles. The summed E-state index contributed by atoms with van der Waals surface area (Å²) in [4.78, 5) is 12.3. The van der Waals surface area contributed by atoms with Gasteiger partial charge in [0.15, 0.2) is 0 Å². The molecule has 1 aliphatic rings. The standard InChI is InChI=1S/C16H21F3N2O2.ClH/c1-10(2)14(21-15(22)13-9-20-6-7-23-13)11-4-3-5-12(8-11)16(17,18)19;/h3-5,8,10,13-14,20H,6-7,9H2,1-2H3,(H,21,22);1H. The second kappa shape index (κ2) is 8.69. The van der Waals surface area contributed by atoms with E-state index in [1.807, 2.05) is 13.8 Å². The summed E-state index contributed by atoms with van der Waals surface area (Å²) in [5, 5.41) is 5.86. The molecule has 0 aliphatic carbocycles. The van der Waals surface area contributed by atoms with Gasteiger partial charge in [-0.2, -0.15) is 13.2 Å². The molecule has 8 heteroatoms. The van der Waals surface area contributed by atoms with Crippen molar-refractivity contribution in [3.8, 4) is 0 Å². The third-order valence-electron chi connectivity index (χ3n) is 3.76. The molecule has 1 saturated heterocycles. The van der Waals surface area contributed by atoms with Crippen molar-refractivity contribution in [1.29, 1.82) is 0 Å². The van der Waals surface area contributed by atoms with Gasteiger partial charge in [-0.05, 0) is 23.6 Å². The molecule has 2 N–H and O–H groups in total. The monoisotopic (exact) mass is 366 g/mol. The molecule has 1 fully saturated rings. The van der Waals surface area contributed by atoms with Crippen molar-refractivity contribution in [2.75, 3.05) is 19.7 Å². The predicted molar refractivity (Wildman–Crippen MR) is 87.0 cm³/mol. The van der Waals surface area contributed by atoms with E-state index in [9.17, 15) is 18.0 Å². The number of ether oxygens (including phenoxy) is 1. The Bertz CT molecular complexity index is 546. The van der Waals surface area contributed by atoms with E-state index < -0.39 is 23.9 Å². The average molecular weight is 367 g/mol. The highest BCUT2D eigenvalue weighted by Gasteiger charge is 2.32. The van der Waals surface area contributed by atoms with Gasteiger partial charge in [0.1, 0.15) is 6.10 Å². The van der Waals surface area contributed by atoms with Crippen molar-refractivity contribution in [3.05, 3.63) is 35.4 Å². The Morgan fingerprint density at radius 3 is 2.62 bits per heavy atom. The summed E-state index contributed by atoms with van der Waals surface area (Å²) in [6, 6.07) is 4.57. The molecule has 4 nitrogen and oxygen atoms in total. The van der Waals surface area contributed by atoms with Crippen molar-refractivity contribution < 1.29 is 22.7 Å². The second-order valence-electron chi connectivity index (χ2n) is 5.92. The third kappa shape index (κ3) is 5.36. The van der Waals surface area contributed by atoms with Crippen molar-refractivity contribution in [3.63, 3.8) is 0 Å². The van der Waals surface area contributed by atoms with E-state index in [1.54, 1.807) is 6.07 Å². The normalized spacial score (nSPS) is 19.5. The summed E-state index contributed by atoms with van der Waals surface area (Å²) < 4.78 is 44.0. The van der Waals surface area contributed by atoms with Gasteiger partial charge in [0.05, 0.1) is 18.2 Å². The molecule has 1 aromatic rings. The molecule has 0 radical (unpaired) electrons. The zero-order chi connectivity index (χ0) is 17.0. The van der Waals surface area contributed by atoms with Crippen LogP contribution in [0.4, 0.5) is 13.2 Å². The first kappa shape index (κ1) is 20.7. The maximum Gasteiger partial charge on any atom is 0.416 e. The van der Waals surface area contributed by atoms with Crippen LogP contribution in [0.25, 0.3) is 0 Å². The zero-order valence-corrected chi connectivity index (χ0v) is 14.3. The Labute approximate surface area is 145 Å². The number of benzene rings is 1. The number of morpholine rings is 1. The summed E-state index contributed by atoms with van der Waals surface area (Å²) in [5.74, 6) is -0.368. The molecule has 0 bridgehead atoms. The van der Waals surface area contributed by atoms with Crippen molar-refractivity contribution in [2.45, 2.75) is 32.2 Å². The molecule has 1 aliphatic heterocycles. The van der Waals surface area contributed by atoms with Gasteiger partial charge in [-0.3, -0.25) is 4.79 Å². The van der Waals surface area contributed by atoms with Crippen LogP contribution in [0.15, 0.2) is 24.3 Å². The van der Waals surface area contributed by atoms with Crippen LogP contribution in [0, 0.1) is 5.92 Å². The quantitative estimate of drug-likeness (QED) is 0.861. The van der Waals surface area contributed by atoms with Crippen LogP contribution in [-0.2, 0) is 15.7 Å². The number of halogens is 4. The van der Waals surface area contributed by atoms with E-state index in [2.05, 4.69) is 10.6 Å². The number of carbonyl (C=O) groups excluding carboxylic acids is 1. The fourth-order valence-corrected chi connectivity index (χ4v) is 2.52. The molecule has 24 heavy (non-hydrogen) atoms. The molecule has 2 atom stereocenters. The lowest BCUT2D eigenvalue weighted by Gasteiger charge is -2.28. The minimum Gasteiger partial charge on any atom is -0.366 e. The minimum absolute atomic E-state index is 0. The van der Waals surface area contributed by atoms with Crippen molar-refractivity contribution in [1.82, 2.24) is 10.6 Å². The molecule has 0 spiro atoms. The van der Waals surface area contributed by atoms with E-state index in [0.29, 0.717) is 25.3 Å². The van der Waals surface area contributed by atoms with E-state index in [0.717, 1.165) is 12.1 Å². The Kier molecular flexibility index (Phi) is 7.51. The molecule has 0 aromatic heterocycles. The van der Waals surface area contributed by atoms with Crippen molar-refractivity contribution in [2.24, 2.45) is 5.92 Å². The van der Waals surface area contributed by atoms with Crippen LogP contribution in [0.1, 0.15) is 31.0 Å². The zero-order valence-electron chi connectivity index (χ0n) is 13.5. The number of alkyl halides is 3. The molecular formula is C16H22ClF3N2O2. The number of hydrogen-bond acceptors (Lipinski definition) is 3. The minimum atomic E-state index is -4.40. The molecule has 2 unspecified atom stereocenters. The van der Waals surface area contributed by atoms with Gasteiger partial charge in [0.2, 0.25) is 0 Å². The van der Waals surface area contributed by atoms with Gasteiger partial charge in [-0.1, -0.05) is 26.0 Å². The van der Waals surface area contributed by atoms with Gasteiger partial charge in [0, 0.05) is 13.1 Å². The van der Waals surface area contributed by atoms with Crippen LogP contribution >= 0.6 is 12.4 Å². The fraction of sp³-hybridized carbons (Fsp3) is 0.562. The molecule has 1 amide bonds. The van der Waals surface area contributed by atoms with E-state index in [-0.39, 0.29) is 24.2 Å². The first-order valence-corrected chi connectivity index (χ1v) is 7.59. The van der Waals surface area contributed by atoms with Gasteiger partial charge < -0.3 is 15.4 Å². The Morgan fingerprint density at radius 1 is 1.38 bits per heavy atom. The molecule has 1 aromatic carbocycles. The molecule has 136 valence electrons. The lowest BCUT2D eigenvalue weighted by molar-refractivity contribution is -0.137. The lowest BCUT2D eigenvalue weighted by atomic mass is 9.94. The third-order valence-corrected chi connectivity index (χ3v) is 3.76. The Balaban J connectivity index is 0.00000288. The van der Waals surface area contributed by atoms with Crippen LogP contribution in [-0.4, -0.2) is 31.7 Å². The second-order valence-corrected chi connectivity index (χ2v) is 5.92. The number of carbonyl (C=O) groups is 1. The summed E-state index contributed by atoms with van der Waals surface area (Å²) >= 11 is 0. The first-order chi connectivity index (χ1) is 10.8. The van der Waals surface area contributed by atoms with Gasteiger partial charge in [-0.15, -0.1) is 12.4 Å². The van der Waals surface area contributed by atoms with Gasteiger partial charge >= 0.3 is 6.18 Å². The lowest BCUT2D eigenvalue weighted by Crippen LogP contribution is -2.49. The highest BCUT2D eigenvalue weighted by molar-refractivity contribution is 5.85. The molecule has 0 saturated carbocycles. The number of rotatable bonds is 4. The smallest absolute Gasteiger partial charge is 0.366 e. The van der Waals surface area contributed by atoms with Crippen LogP contribution in [0.5, 0.6) is 0 Å². The Morgan fingerprint density at radius 2 is 2.08 bits per heavy atom. The highest BCUT2D eigenvalue weighted by atomic mass is 35.5. The number of hydrogen-bond donors (Lipinski definition) is 2. The fourth-order valence-electron chi connectivity index (χ4n) is 2.52. The Hall–Kier alpha value is -1.31. The highest BCUT2D eigenvalue weighted by Crippen LogP contribution is 2.32.